The molecule has 0 aliphatic heterocycles. The summed E-state index contributed by atoms with van der Waals surface area (Å²) in [4.78, 5) is 23.2. The fraction of sp³-hybridized carbons (Fsp3) is 0.0870. The molecule has 0 saturated carbocycles. The van der Waals surface area contributed by atoms with Gasteiger partial charge in [-0.05, 0) is 43.3 Å². The van der Waals surface area contributed by atoms with E-state index in [0.29, 0.717) is 22.8 Å². The van der Waals surface area contributed by atoms with Gasteiger partial charge in [-0.15, -0.1) is 0 Å². The number of anilines is 1. The molecule has 0 saturated heterocycles. The molecule has 0 atom stereocenters. The molecule has 10 heteroatoms. The average molecular weight is 443 g/mol. The molecule has 0 radical (unpaired) electrons. The number of ether oxygens (including phenoxy) is 1. The molecule has 1 N–H and O–H groups in total. The summed E-state index contributed by atoms with van der Waals surface area (Å²) in [5.74, 6) is 0.517. The number of aryl methyl sites for hydroxylation is 1. The van der Waals surface area contributed by atoms with E-state index in [1.54, 1.807) is 31.2 Å². The van der Waals surface area contributed by atoms with Gasteiger partial charge in [-0.1, -0.05) is 18.2 Å². The number of carbonyl (C=O) groups is 1. The van der Waals surface area contributed by atoms with E-state index in [2.05, 4.69) is 10.4 Å². The van der Waals surface area contributed by atoms with Crippen LogP contribution < -0.4 is 10.1 Å². The number of furan rings is 1. The van der Waals surface area contributed by atoms with E-state index in [-0.39, 0.29) is 29.4 Å². The number of nitriles is 1. The van der Waals surface area contributed by atoms with Gasteiger partial charge in [0.2, 0.25) is 0 Å². The number of nitrogens with zero attached hydrogens (tertiary/aromatic N) is 4. The van der Waals surface area contributed by atoms with Crippen LogP contribution in [0.25, 0.3) is 5.69 Å². The first-order valence-corrected chi connectivity index (χ1v) is 9.77. The number of carbonyl (C=O) groups excluding carboxylic acids is 1. The van der Waals surface area contributed by atoms with Crippen molar-refractivity contribution in [3.8, 4) is 17.5 Å². The lowest BCUT2D eigenvalue weighted by Gasteiger charge is -2.08. The summed E-state index contributed by atoms with van der Waals surface area (Å²) in [6.07, 6.45) is 1.37. The molecule has 1 amide bonds. The van der Waals surface area contributed by atoms with Gasteiger partial charge >= 0.3 is 0 Å². The van der Waals surface area contributed by atoms with Gasteiger partial charge in [0.1, 0.15) is 29.7 Å². The predicted molar refractivity (Wildman–Crippen MR) is 117 cm³/mol. The predicted octanol–water partition coefficient (Wildman–Crippen LogP) is 4.38. The van der Waals surface area contributed by atoms with Crippen LogP contribution in [0.1, 0.15) is 27.4 Å². The average Bonchev–Trinajstić information content (AvgIpc) is 3.45. The van der Waals surface area contributed by atoms with Gasteiger partial charge in [0.05, 0.1) is 16.8 Å². The number of amides is 1. The van der Waals surface area contributed by atoms with Gasteiger partial charge in [-0.2, -0.15) is 10.4 Å². The third-order valence-corrected chi connectivity index (χ3v) is 4.75. The zero-order valence-electron chi connectivity index (χ0n) is 17.4. The SMILES string of the molecule is Cc1cc(OCc2ccc(C(=O)Nc3c(C#N)cnn3-c3ccccc3)o2)ccc1[N+](=O)[O-]. The molecule has 2 aromatic heterocycles. The molecule has 0 aliphatic carbocycles. The topological polar surface area (TPSA) is 136 Å². The van der Waals surface area contributed by atoms with Crippen molar-refractivity contribution in [3.63, 3.8) is 0 Å². The second-order valence-corrected chi connectivity index (χ2v) is 6.98. The summed E-state index contributed by atoms with van der Waals surface area (Å²) in [7, 11) is 0. The molecule has 0 fully saturated rings. The number of nitrogens with one attached hydrogen (secondary N) is 1. The standard InChI is InChI=1S/C23H17N5O5/c1-15-11-18(7-9-20(15)28(30)31)32-14-19-8-10-21(33-19)23(29)26-22-16(12-24)13-25-27(22)17-5-3-2-4-6-17/h2-11,13H,14H2,1H3,(H,26,29). The Labute approximate surface area is 187 Å². The highest BCUT2D eigenvalue weighted by atomic mass is 16.6. The zero-order chi connectivity index (χ0) is 23.4. The van der Waals surface area contributed by atoms with E-state index in [9.17, 15) is 20.2 Å². The Balaban J connectivity index is 1.46. The van der Waals surface area contributed by atoms with Crippen molar-refractivity contribution < 1.29 is 18.9 Å². The van der Waals surface area contributed by atoms with Gasteiger partial charge in [0.25, 0.3) is 11.6 Å². The first kappa shape index (κ1) is 21.3. The Morgan fingerprint density at radius 1 is 1.24 bits per heavy atom. The monoisotopic (exact) mass is 443 g/mol. The summed E-state index contributed by atoms with van der Waals surface area (Å²) in [5, 5.41) is 27.2. The van der Waals surface area contributed by atoms with Gasteiger partial charge in [0, 0.05) is 11.6 Å². The van der Waals surface area contributed by atoms with Crippen molar-refractivity contribution in [3.05, 3.63) is 99.6 Å². The normalized spacial score (nSPS) is 10.4. The summed E-state index contributed by atoms with van der Waals surface area (Å²) >= 11 is 0. The van der Waals surface area contributed by atoms with Crippen LogP contribution >= 0.6 is 0 Å². The Morgan fingerprint density at radius 3 is 2.73 bits per heavy atom. The number of aromatic nitrogens is 2. The van der Waals surface area contributed by atoms with Gasteiger partial charge in [-0.25, -0.2) is 4.68 Å². The summed E-state index contributed by atoms with van der Waals surface area (Å²) in [6.45, 7) is 1.64. The number of hydrogen-bond acceptors (Lipinski definition) is 7. The van der Waals surface area contributed by atoms with E-state index in [0.717, 1.165) is 0 Å². The van der Waals surface area contributed by atoms with E-state index in [1.165, 1.54) is 29.1 Å². The van der Waals surface area contributed by atoms with Crippen molar-refractivity contribution in [1.82, 2.24) is 9.78 Å². The lowest BCUT2D eigenvalue weighted by Crippen LogP contribution is -2.15. The van der Waals surface area contributed by atoms with Crippen LogP contribution in [-0.4, -0.2) is 20.6 Å². The molecule has 4 rings (SSSR count). The minimum Gasteiger partial charge on any atom is -0.486 e. The maximum absolute atomic E-state index is 12.7. The lowest BCUT2D eigenvalue weighted by molar-refractivity contribution is -0.385. The Morgan fingerprint density at radius 2 is 2.03 bits per heavy atom. The fourth-order valence-corrected chi connectivity index (χ4v) is 3.14. The molecular formula is C23H17N5O5. The molecule has 0 unspecified atom stereocenters. The minimum absolute atomic E-state index is 0.00536. The summed E-state index contributed by atoms with van der Waals surface area (Å²) in [5.41, 5.74) is 1.36. The second-order valence-electron chi connectivity index (χ2n) is 6.98. The van der Waals surface area contributed by atoms with Gasteiger partial charge in [0.15, 0.2) is 11.6 Å². The molecule has 0 spiro atoms. The van der Waals surface area contributed by atoms with Gasteiger partial charge in [-0.3, -0.25) is 14.9 Å². The Hall–Kier alpha value is -4.91. The molecule has 0 bridgehead atoms. The number of nitro benzene ring substituents is 1. The number of nitro groups is 1. The first-order valence-electron chi connectivity index (χ1n) is 9.77. The number of para-hydroxylation sites is 1. The highest BCUT2D eigenvalue weighted by molar-refractivity contribution is 6.02. The van der Waals surface area contributed by atoms with Crippen LogP contribution in [-0.2, 0) is 6.61 Å². The van der Waals surface area contributed by atoms with Crippen molar-refractivity contribution in [1.29, 1.82) is 5.26 Å². The molecule has 4 aromatic rings. The molecule has 0 aliphatic rings. The maximum atomic E-state index is 12.7. The summed E-state index contributed by atoms with van der Waals surface area (Å²) < 4.78 is 12.6. The van der Waals surface area contributed by atoms with Crippen LogP contribution in [0.2, 0.25) is 0 Å². The highest BCUT2D eigenvalue weighted by Gasteiger charge is 2.19. The fourth-order valence-electron chi connectivity index (χ4n) is 3.14. The maximum Gasteiger partial charge on any atom is 0.292 e. The molecule has 2 heterocycles. The quantitative estimate of drug-likeness (QED) is 0.330. The van der Waals surface area contributed by atoms with E-state index >= 15 is 0 Å². The molecule has 2 aromatic carbocycles. The largest absolute Gasteiger partial charge is 0.486 e. The molecule has 10 nitrogen and oxygen atoms in total. The van der Waals surface area contributed by atoms with Gasteiger partial charge < -0.3 is 14.5 Å². The Kier molecular flexibility index (Phi) is 5.86. The zero-order valence-corrected chi connectivity index (χ0v) is 17.4. The third-order valence-electron chi connectivity index (χ3n) is 4.75. The van der Waals surface area contributed by atoms with Crippen molar-refractivity contribution in [2.45, 2.75) is 13.5 Å². The van der Waals surface area contributed by atoms with E-state index in [1.807, 2.05) is 24.3 Å². The smallest absolute Gasteiger partial charge is 0.292 e. The second kappa shape index (κ2) is 9.07. The number of rotatable bonds is 7. The first-order chi connectivity index (χ1) is 16.0. The van der Waals surface area contributed by atoms with E-state index in [4.69, 9.17) is 9.15 Å². The van der Waals surface area contributed by atoms with Crippen molar-refractivity contribution in [2.24, 2.45) is 0 Å². The van der Waals surface area contributed by atoms with Crippen LogP contribution in [0.15, 0.2) is 71.3 Å². The molecular weight excluding hydrogens is 426 g/mol. The van der Waals surface area contributed by atoms with Crippen LogP contribution in [0.3, 0.4) is 0 Å². The van der Waals surface area contributed by atoms with Crippen LogP contribution in [0, 0.1) is 28.4 Å². The van der Waals surface area contributed by atoms with Crippen molar-refractivity contribution >= 4 is 17.4 Å². The van der Waals surface area contributed by atoms with Crippen LogP contribution in [0.5, 0.6) is 5.75 Å². The molecule has 33 heavy (non-hydrogen) atoms. The van der Waals surface area contributed by atoms with E-state index < -0.39 is 10.8 Å². The highest BCUT2D eigenvalue weighted by Crippen LogP contribution is 2.24. The minimum atomic E-state index is -0.554. The Bertz CT molecular complexity index is 1370. The number of benzene rings is 2. The summed E-state index contributed by atoms with van der Waals surface area (Å²) in [6, 6.07) is 18.6. The lowest BCUT2D eigenvalue weighted by atomic mass is 10.2. The number of hydrogen-bond donors (Lipinski definition) is 1. The van der Waals surface area contributed by atoms with Crippen molar-refractivity contribution in [2.75, 3.05) is 5.32 Å². The van der Waals surface area contributed by atoms with Crippen LogP contribution in [0.4, 0.5) is 11.5 Å². The molecule has 164 valence electrons. The third kappa shape index (κ3) is 4.57.